The van der Waals surface area contributed by atoms with Crippen molar-refractivity contribution in [2.24, 2.45) is 7.05 Å². The average molecular weight is 303 g/mol. The quantitative estimate of drug-likeness (QED) is 0.818. The molecular weight excluding hydrogens is 286 g/mol. The Kier molecular flexibility index (Phi) is 3.90. The minimum Gasteiger partial charge on any atom is -0.479 e. The summed E-state index contributed by atoms with van der Waals surface area (Å²) in [6, 6.07) is 0. The summed E-state index contributed by atoms with van der Waals surface area (Å²) >= 11 is 0. The van der Waals surface area contributed by atoms with Crippen LogP contribution in [0.1, 0.15) is 16.8 Å². The number of hydrogen-bond donors (Lipinski definition) is 0. The minimum absolute atomic E-state index is 0.0803. The van der Waals surface area contributed by atoms with Crippen molar-refractivity contribution in [1.82, 2.24) is 24.6 Å². The number of ether oxygens (including phenoxy) is 2. The van der Waals surface area contributed by atoms with Gasteiger partial charge < -0.3 is 14.4 Å². The first-order chi connectivity index (χ1) is 10.7. The lowest BCUT2D eigenvalue weighted by Crippen LogP contribution is -2.31. The highest BCUT2D eigenvalue weighted by Crippen LogP contribution is 2.22. The molecule has 0 aromatic carbocycles. The molecule has 0 unspecified atom stereocenters. The first kappa shape index (κ1) is 14.3. The van der Waals surface area contributed by atoms with Gasteiger partial charge in [0.25, 0.3) is 5.91 Å². The van der Waals surface area contributed by atoms with Gasteiger partial charge in [-0.05, 0) is 0 Å². The molecule has 0 aliphatic carbocycles. The molecule has 22 heavy (non-hydrogen) atoms. The lowest BCUT2D eigenvalue weighted by atomic mass is 10.3. The number of rotatable bonds is 4. The number of aromatic nitrogens is 4. The van der Waals surface area contributed by atoms with Gasteiger partial charge in [0.1, 0.15) is 11.7 Å². The second kappa shape index (κ2) is 6.00. The van der Waals surface area contributed by atoms with E-state index in [-0.39, 0.29) is 12.0 Å². The van der Waals surface area contributed by atoms with Crippen LogP contribution in [0.2, 0.25) is 0 Å². The standard InChI is InChI=1S/C14H17N5O3/c1-18-9-11(13(17-18)21-2)14(20)19-6-3-10(8-19)22-12-7-15-4-5-16-12/h4-5,7,9-10H,3,6,8H2,1-2H3/t10-/m1/s1. The Balaban J connectivity index is 1.66. The molecule has 1 atom stereocenters. The summed E-state index contributed by atoms with van der Waals surface area (Å²) in [5.74, 6) is 0.710. The van der Waals surface area contributed by atoms with Crippen LogP contribution < -0.4 is 9.47 Å². The first-order valence-corrected chi connectivity index (χ1v) is 6.97. The van der Waals surface area contributed by atoms with Gasteiger partial charge in [0.2, 0.25) is 11.8 Å². The van der Waals surface area contributed by atoms with Crippen molar-refractivity contribution in [2.45, 2.75) is 12.5 Å². The molecule has 116 valence electrons. The van der Waals surface area contributed by atoms with Crippen molar-refractivity contribution in [3.63, 3.8) is 0 Å². The van der Waals surface area contributed by atoms with Crippen molar-refractivity contribution < 1.29 is 14.3 Å². The Morgan fingerprint density at radius 3 is 3.00 bits per heavy atom. The van der Waals surface area contributed by atoms with Gasteiger partial charge >= 0.3 is 0 Å². The lowest BCUT2D eigenvalue weighted by Gasteiger charge is -2.16. The maximum Gasteiger partial charge on any atom is 0.261 e. The number of methoxy groups -OCH3 is 1. The van der Waals surface area contributed by atoms with Gasteiger partial charge in [0, 0.05) is 38.6 Å². The van der Waals surface area contributed by atoms with Crippen molar-refractivity contribution in [2.75, 3.05) is 20.2 Å². The fraction of sp³-hybridized carbons (Fsp3) is 0.429. The monoisotopic (exact) mass is 303 g/mol. The summed E-state index contributed by atoms with van der Waals surface area (Å²) in [7, 11) is 3.26. The highest BCUT2D eigenvalue weighted by Gasteiger charge is 2.31. The maximum atomic E-state index is 12.5. The van der Waals surface area contributed by atoms with Crippen LogP contribution in [0.3, 0.4) is 0 Å². The molecule has 1 aliphatic heterocycles. The van der Waals surface area contributed by atoms with Crippen molar-refractivity contribution in [1.29, 1.82) is 0 Å². The molecule has 1 fully saturated rings. The van der Waals surface area contributed by atoms with Gasteiger partial charge in [-0.3, -0.25) is 14.5 Å². The summed E-state index contributed by atoms with van der Waals surface area (Å²) in [6.07, 6.45) is 7.07. The number of nitrogens with zero attached hydrogens (tertiary/aromatic N) is 5. The van der Waals surface area contributed by atoms with E-state index in [1.54, 1.807) is 41.4 Å². The molecule has 3 heterocycles. The summed E-state index contributed by atoms with van der Waals surface area (Å²) < 4.78 is 12.4. The predicted molar refractivity (Wildman–Crippen MR) is 76.7 cm³/mol. The molecule has 2 aromatic rings. The Labute approximate surface area is 127 Å². The SMILES string of the molecule is COc1nn(C)cc1C(=O)N1CC[C@@H](Oc2cnccn2)C1. The second-order valence-electron chi connectivity index (χ2n) is 5.05. The van der Waals surface area contributed by atoms with Gasteiger partial charge in [0.15, 0.2) is 0 Å². The fourth-order valence-corrected chi connectivity index (χ4v) is 2.46. The van der Waals surface area contributed by atoms with E-state index in [2.05, 4.69) is 15.1 Å². The molecule has 1 saturated heterocycles. The lowest BCUT2D eigenvalue weighted by molar-refractivity contribution is 0.0767. The van der Waals surface area contributed by atoms with Gasteiger partial charge in [0.05, 0.1) is 19.9 Å². The summed E-state index contributed by atoms with van der Waals surface area (Å²) in [4.78, 5) is 22.3. The van der Waals surface area contributed by atoms with E-state index in [4.69, 9.17) is 9.47 Å². The average Bonchev–Trinajstić information content (AvgIpc) is 3.14. The summed E-state index contributed by atoms with van der Waals surface area (Å²) in [5.41, 5.74) is 0.463. The maximum absolute atomic E-state index is 12.5. The van der Waals surface area contributed by atoms with E-state index < -0.39 is 0 Å². The van der Waals surface area contributed by atoms with Crippen LogP contribution in [0.15, 0.2) is 24.8 Å². The number of amides is 1. The Morgan fingerprint density at radius 2 is 2.27 bits per heavy atom. The zero-order valence-corrected chi connectivity index (χ0v) is 12.5. The molecule has 3 rings (SSSR count). The van der Waals surface area contributed by atoms with Crippen molar-refractivity contribution in [3.8, 4) is 11.8 Å². The van der Waals surface area contributed by atoms with Crippen LogP contribution in [-0.4, -0.2) is 56.9 Å². The van der Waals surface area contributed by atoms with Crippen LogP contribution >= 0.6 is 0 Å². The minimum atomic E-state index is -0.102. The van der Waals surface area contributed by atoms with E-state index >= 15 is 0 Å². The van der Waals surface area contributed by atoms with E-state index in [0.717, 1.165) is 6.42 Å². The Bertz CT molecular complexity index is 658. The molecule has 8 heteroatoms. The number of aryl methyl sites for hydroxylation is 1. The molecular formula is C14H17N5O3. The first-order valence-electron chi connectivity index (χ1n) is 6.97. The summed E-state index contributed by atoms with van der Waals surface area (Å²) in [6.45, 7) is 1.13. The summed E-state index contributed by atoms with van der Waals surface area (Å²) in [5, 5.41) is 4.11. The third kappa shape index (κ3) is 2.85. The predicted octanol–water partition coefficient (Wildman–Crippen LogP) is 0.512. The second-order valence-corrected chi connectivity index (χ2v) is 5.05. The van der Waals surface area contributed by atoms with Crippen LogP contribution in [-0.2, 0) is 7.05 Å². The van der Waals surface area contributed by atoms with Crippen LogP contribution in [0.25, 0.3) is 0 Å². The van der Waals surface area contributed by atoms with Gasteiger partial charge in [-0.1, -0.05) is 0 Å². The smallest absolute Gasteiger partial charge is 0.261 e. The molecule has 0 spiro atoms. The highest BCUT2D eigenvalue weighted by molar-refractivity contribution is 5.96. The highest BCUT2D eigenvalue weighted by atomic mass is 16.5. The molecule has 1 aliphatic rings. The molecule has 0 bridgehead atoms. The molecule has 0 N–H and O–H groups in total. The largest absolute Gasteiger partial charge is 0.479 e. The van der Waals surface area contributed by atoms with Crippen molar-refractivity contribution >= 4 is 5.91 Å². The zero-order valence-electron chi connectivity index (χ0n) is 12.5. The number of carbonyl (C=O) groups excluding carboxylic acids is 1. The number of likely N-dealkylation sites (tertiary alicyclic amines) is 1. The van der Waals surface area contributed by atoms with Gasteiger partial charge in [-0.2, -0.15) is 0 Å². The molecule has 8 nitrogen and oxygen atoms in total. The molecule has 2 aromatic heterocycles. The molecule has 1 amide bonds. The number of hydrogen-bond acceptors (Lipinski definition) is 6. The van der Waals surface area contributed by atoms with Gasteiger partial charge in [-0.15, -0.1) is 5.10 Å². The molecule has 0 radical (unpaired) electrons. The Hall–Kier alpha value is -2.64. The van der Waals surface area contributed by atoms with Crippen LogP contribution in [0.4, 0.5) is 0 Å². The van der Waals surface area contributed by atoms with Gasteiger partial charge in [-0.25, -0.2) is 4.98 Å². The van der Waals surface area contributed by atoms with E-state index in [1.807, 2.05) is 0 Å². The third-order valence-corrected chi connectivity index (χ3v) is 3.48. The van der Waals surface area contributed by atoms with Crippen LogP contribution in [0, 0.1) is 0 Å². The topological polar surface area (TPSA) is 82.4 Å². The normalized spacial score (nSPS) is 17.5. The third-order valence-electron chi connectivity index (χ3n) is 3.48. The molecule has 0 saturated carbocycles. The number of carbonyl (C=O) groups is 1. The fourth-order valence-electron chi connectivity index (χ4n) is 2.46. The van der Waals surface area contributed by atoms with Crippen molar-refractivity contribution in [3.05, 3.63) is 30.4 Å². The van der Waals surface area contributed by atoms with E-state index in [0.29, 0.717) is 30.4 Å². The zero-order chi connectivity index (χ0) is 15.5. The van der Waals surface area contributed by atoms with Crippen LogP contribution in [0.5, 0.6) is 11.8 Å². The van der Waals surface area contributed by atoms with E-state index in [9.17, 15) is 4.79 Å². The Morgan fingerprint density at radius 1 is 1.41 bits per heavy atom. The van der Waals surface area contributed by atoms with E-state index in [1.165, 1.54) is 7.11 Å².